The van der Waals surface area contributed by atoms with E-state index in [0.29, 0.717) is 32.0 Å². The molecule has 2 rings (SSSR count). The number of ether oxygens (including phenoxy) is 2. The van der Waals surface area contributed by atoms with Crippen molar-refractivity contribution in [2.24, 2.45) is 5.92 Å². The zero-order chi connectivity index (χ0) is 22.9. The molecule has 1 atom stereocenters. The Kier molecular flexibility index (Phi) is 17.0. The molecule has 2 aliphatic rings. The van der Waals surface area contributed by atoms with Gasteiger partial charge in [0.1, 0.15) is 5.60 Å². The Morgan fingerprint density at radius 3 is 1.93 bits per heavy atom. The van der Waals surface area contributed by atoms with Crippen molar-refractivity contribution in [3.05, 3.63) is 0 Å². The number of carbonyl (C=O) groups is 1. The summed E-state index contributed by atoms with van der Waals surface area (Å²) in [5, 5.41) is 8.75. The van der Waals surface area contributed by atoms with Crippen LogP contribution in [-0.4, -0.2) is 41.9 Å². The van der Waals surface area contributed by atoms with Crippen LogP contribution in [-0.2, 0) is 9.47 Å². The Bertz CT molecular complexity index is 432. The first kappa shape index (κ1) is 29.9. The molecule has 1 spiro atoms. The summed E-state index contributed by atoms with van der Waals surface area (Å²) in [6.45, 7) is 20.2. The zero-order valence-corrected chi connectivity index (χ0v) is 20.8. The Morgan fingerprint density at radius 2 is 1.59 bits per heavy atom. The van der Waals surface area contributed by atoms with Crippen LogP contribution in [0, 0.1) is 17.2 Å². The molecule has 0 aliphatic carbocycles. The lowest BCUT2D eigenvalue weighted by Crippen LogP contribution is -2.51. The van der Waals surface area contributed by atoms with Gasteiger partial charge in [-0.25, -0.2) is 4.79 Å². The van der Waals surface area contributed by atoms with E-state index < -0.39 is 5.60 Å². The number of likely N-dealkylation sites (tertiary alicyclic amines) is 1. The summed E-state index contributed by atoms with van der Waals surface area (Å²) in [6.07, 6.45) is 6.65. The van der Waals surface area contributed by atoms with E-state index >= 15 is 0 Å². The van der Waals surface area contributed by atoms with Crippen molar-refractivity contribution in [3.63, 3.8) is 0 Å². The van der Waals surface area contributed by atoms with Gasteiger partial charge in [0.25, 0.3) is 0 Å². The molecule has 0 bridgehead atoms. The van der Waals surface area contributed by atoms with Gasteiger partial charge >= 0.3 is 6.09 Å². The minimum absolute atomic E-state index is 0.0789. The lowest BCUT2D eigenvalue weighted by Gasteiger charge is -2.45. The number of amides is 1. The maximum absolute atomic E-state index is 12.0. The summed E-state index contributed by atoms with van der Waals surface area (Å²) >= 11 is 0. The quantitative estimate of drug-likeness (QED) is 0.467. The van der Waals surface area contributed by atoms with Crippen LogP contribution < -0.4 is 0 Å². The van der Waals surface area contributed by atoms with Crippen molar-refractivity contribution in [1.29, 1.82) is 5.26 Å². The van der Waals surface area contributed by atoms with Gasteiger partial charge in [-0.05, 0) is 52.4 Å². The summed E-state index contributed by atoms with van der Waals surface area (Å²) in [5.41, 5.74) is -0.525. The van der Waals surface area contributed by atoms with Gasteiger partial charge in [0.05, 0.1) is 18.3 Å². The third-order valence-corrected chi connectivity index (χ3v) is 4.34. The summed E-state index contributed by atoms with van der Waals surface area (Å²) in [7, 11) is 0. The number of hydrogen-bond acceptors (Lipinski definition) is 4. The molecule has 0 aromatic carbocycles. The smallest absolute Gasteiger partial charge is 0.410 e. The fourth-order valence-electron chi connectivity index (χ4n) is 3.03. The maximum atomic E-state index is 12.0. The fourth-order valence-corrected chi connectivity index (χ4v) is 3.03. The third-order valence-electron chi connectivity index (χ3n) is 4.34. The first-order valence-corrected chi connectivity index (χ1v) is 11.7. The number of carbonyl (C=O) groups excluding carboxylic acids is 1. The summed E-state index contributed by atoms with van der Waals surface area (Å²) < 4.78 is 11.5. The highest BCUT2D eigenvalue weighted by molar-refractivity contribution is 5.68. The first-order valence-electron chi connectivity index (χ1n) is 11.7. The molecule has 5 heteroatoms. The third kappa shape index (κ3) is 13.5. The average Bonchev–Trinajstić information content (AvgIpc) is 2.66. The second kappa shape index (κ2) is 16.5. The lowest BCUT2D eigenvalue weighted by atomic mass is 9.81. The molecule has 0 N–H and O–H groups in total. The van der Waals surface area contributed by atoms with E-state index in [1.165, 1.54) is 12.8 Å². The highest BCUT2D eigenvalue weighted by Crippen LogP contribution is 2.37. The van der Waals surface area contributed by atoms with Crippen LogP contribution in [0.25, 0.3) is 0 Å². The van der Waals surface area contributed by atoms with Crippen LogP contribution in [0.4, 0.5) is 4.79 Å². The topological polar surface area (TPSA) is 62.6 Å². The first-order chi connectivity index (χ1) is 13.7. The Labute approximate surface area is 181 Å². The molecule has 0 saturated carbocycles. The van der Waals surface area contributed by atoms with E-state index in [4.69, 9.17) is 14.7 Å². The Balaban J connectivity index is 0. The molecule has 5 nitrogen and oxygen atoms in total. The van der Waals surface area contributed by atoms with E-state index in [0.717, 1.165) is 25.7 Å². The predicted molar refractivity (Wildman–Crippen MR) is 122 cm³/mol. The molecule has 0 aromatic rings. The normalized spacial score (nSPS) is 19.9. The molecule has 2 aliphatic heterocycles. The highest BCUT2D eigenvalue weighted by Gasteiger charge is 2.40. The van der Waals surface area contributed by atoms with Gasteiger partial charge in [0, 0.05) is 19.5 Å². The fraction of sp³-hybridized carbons (Fsp3) is 0.917. The maximum Gasteiger partial charge on any atom is 0.410 e. The molecule has 1 amide bonds. The van der Waals surface area contributed by atoms with Gasteiger partial charge in [0.15, 0.2) is 0 Å². The van der Waals surface area contributed by atoms with E-state index in [1.807, 2.05) is 34.6 Å². The Hall–Kier alpha value is -1.28. The van der Waals surface area contributed by atoms with Crippen LogP contribution in [0.5, 0.6) is 0 Å². The summed E-state index contributed by atoms with van der Waals surface area (Å²) in [6, 6.07) is 2.22. The summed E-state index contributed by atoms with van der Waals surface area (Å²) in [5.74, 6) is 0.379. The zero-order valence-electron chi connectivity index (χ0n) is 20.8. The van der Waals surface area contributed by atoms with Gasteiger partial charge in [-0.3, -0.25) is 0 Å². The predicted octanol–water partition coefficient (Wildman–Crippen LogP) is 6.96. The molecule has 172 valence electrons. The number of piperidine rings is 1. The van der Waals surface area contributed by atoms with Gasteiger partial charge in [-0.2, -0.15) is 5.26 Å². The van der Waals surface area contributed by atoms with Gasteiger partial charge in [-0.1, -0.05) is 54.4 Å². The largest absolute Gasteiger partial charge is 0.444 e. The number of rotatable bonds is 1. The molecule has 1 unspecified atom stereocenters. The van der Waals surface area contributed by atoms with E-state index in [9.17, 15) is 4.79 Å². The monoisotopic (exact) mass is 412 g/mol. The molecule has 2 saturated heterocycles. The number of nitrogens with zero attached hydrogens (tertiary/aromatic N) is 2. The van der Waals surface area contributed by atoms with Gasteiger partial charge in [0.2, 0.25) is 0 Å². The van der Waals surface area contributed by atoms with Crippen LogP contribution >= 0.6 is 0 Å². The van der Waals surface area contributed by atoms with Crippen molar-refractivity contribution in [2.45, 2.75) is 118 Å². The van der Waals surface area contributed by atoms with Crippen molar-refractivity contribution in [2.75, 3.05) is 19.7 Å². The van der Waals surface area contributed by atoms with Crippen LogP contribution in [0.2, 0.25) is 0 Å². The summed E-state index contributed by atoms with van der Waals surface area (Å²) in [4.78, 5) is 13.8. The lowest BCUT2D eigenvalue weighted by molar-refractivity contribution is -0.127. The molecule has 2 fully saturated rings. The van der Waals surface area contributed by atoms with E-state index in [2.05, 4.69) is 33.8 Å². The van der Waals surface area contributed by atoms with E-state index in [1.54, 1.807) is 4.90 Å². The Morgan fingerprint density at radius 1 is 1.10 bits per heavy atom. The molecule has 2 heterocycles. The van der Waals surface area contributed by atoms with Crippen LogP contribution in [0.15, 0.2) is 0 Å². The van der Waals surface area contributed by atoms with Crippen molar-refractivity contribution >= 4 is 6.09 Å². The molecular formula is C24H48N2O3. The molecule has 29 heavy (non-hydrogen) atoms. The van der Waals surface area contributed by atoms with Gasteiger partial charge in [-0.15, -0.1) is 0 Å². The van der Waals surface area contributed by atoms with Crippen LogP contribution in [0.1, 0.15) is 107 Å². The van der Waals surface area contributed by atoms with Crippen LogP contribution in [0.3, 0.4) is 0 Å². The minimum Gasteiger partial charge on any atom is -0.444 e. The number of hydrogen-bond donors (Lipinski definition) is 0. The second-order valence-corrected chi connectivity index (χ2v) is 8.64. The van der Waals surface area contributed by atoms with Gasteiger partial charge < -0.3 is 14.4 Å². The second-order valence-electron chi connectivity index (χ2n) is 8.64. The minimum atomic E-state index is -0.446. The highest BCUT2D eigenvalue weighted by atomic mass is 16.6. The standard InChI is InChI=1S/C16H26N2O3.2C3H8.C2H6/c1-15(2,3)21-14(19)18-10-7-16(8-11-18)6-4-13(5-9-17)12-20-16;2*1-3-2;1-2/h13H,4-8,10-12H2,1-3H3;2*3H2,1-2H3;1-2H3. The molecule has 0 aromatic heterocycles. The van der Waals surface area contributed by atoms with Crippen molar-refractivity contribution < 1.29 is 14.3 Å². The SMILES string of the molecule is CC.CC(C)(C)OC(=O)N1CCC2(CCC(CC#N)CO2)CC1.CCC.CCC. The molecule has 0 radical (unpaired) electrons. The van der Waals surface area contributed by atoms with E-state index in [-0.39, 0.29) is 11.7 Å². The van der Waals surface area contributed by atoms with Crippen molar-refractivity contribution in [3.8, 4) is 6.07 Å². The number of nitriles is 1. The average molecular weight is 413 g/mol. The molecular weight excluding hydrogens is 364 g/mol. The van der Waals surface area contributed by atoms with Crippen molar-refractivity contribution in [1.82, 2.24) is 4.90 Å².